The number of aromatic hydroxyl groups is 4. The van der Waals surface area contributed by atoms with Gasteiger partial charge in [-0.15, -0.1) is 0 Å². The van der Waals surface area contributed by atoms with Crippen LogP contribution in [0.15, 0.2) is 54.7 Å². The molecule has 0 fully saturated rings. The lowest BCUT2D eigenvalue weighted by Crippen LogP contribution is -2.10. The standard InChI is InChI=1S/C24H21NO7/c1-32-23-7-13(12-26)6-19-24(23)18(16-4-2-14(27)8-20(16)29)10-25(19)11-22(31)17-5-3-15(28)9-21(17)30/h2-10,26-30H,11-12H2,1H3. The fourth-order valence-electron chi connectivity index (χ4n) is 3.77. The van der Waals surface area contributed by atoms with E-state index in [4.69, 9.17) is 4.74 Å². The third-order valence-corrected chi connectivity index (χ3v) is 5.27. The van der Waals surface area contributed by atoms with Crippen molar-refractivity contribution in [2.75, 3.05) is 7.11 Å². The molecule has 0 spiro atoms. The summed E-state index contributed by atoms with van der Waals surface area (Å²) in [5.74, 6) is -0.714. The summed E-state index contributed by atoms with van der Waals surface area (Å²) < 4.78 is 7.16. The minimum atomic E-state index is -0.408. The summed E-state index contributed by atoms with van der Waals surface area (Å²) in [5, 5.41) is 49.9. The Kier molecular flexibility index (Phi) is 5.38. The number of fused-ring (bicyclic) bond motifs is 1. The Morgan fingerprint density at radius 1 is 0.906 bits per heavy atom. The van der Waals surface area contributed by atoms with Crippen LogP contribution in [0.3, 0.4) is 0 Å². The van der Waals surface area contributed by atoms with Gasteiger partial charge in [0.2, 0.25) is 0 Å². The molecule has 0 aliphatic carbocycles. The van der Waals surface area contributed by atoms with Crippen molar-refractivity contribution in [3.63, 3.8) is 0 Å². The lowest BCUT2D eigenvalue weighted by Gasteiger charge is -2.10. The molecule has 8 nitrogen and oxygen atoms in total. The Morgan fingerprint density at radius 3 is 2.22 bits per heavy atom. The zero-order chi connectivity index (χ0) is 23.0. The third-order valence-electron chi connectivity index (χ3n) is 5.27. The molecule has 3 aromatic carbocycles. The number of aliphatic hydroxyl groups is 1. The number of methoxy groups -OCH3 is 1. The average Bonchev–Trinajstić information content (AvgIpc) is 3.10. The van der Waals surface area contributed by atoms with Gasteiger partial charge in [-0.1, -0.05) is 0 Å². The monoisotopic (exact) mass is 435 g/mol. The number of aromatic nitrogens is 1. The first kappa shape index (κ1) is 21.1. The van der Waals surface area contributed by atoms with E-state index in [0.717, 1.165) is 6.07 Å². The molecule has 8 heteroatoms. The fourth-order valence-corrected chi connectivity index (χ4v) is 3.77. The number of benzene rings is 3. The largest absolute Gasteiger partial charge is 0.508 e. The summed E-state index contributed by atoms with van der Waals surface area (Å²) in [6.45, 7) is -0.407. The molecule has 0 radical (unpaired) electrons. The van der Waals surface area contributed by atoms with Gasteiger partial charge in [-0.25, -0.2) is 0 Å². The first-order valence-electron chi connectivity index (χ1n) is 9.70. The predicted octanol–water partition coefficient (Wildman–Crippen LogP) is 3.51. The summed E-state index contributed by atoms with van der Waals surface area (Å²) in [7, 11) is 1.48. The number of carbonyl (C=O) groups is 1. The number of rotatable bonds is 6. The molecule has 0 aliphatic rings. The molecule has 1 aromatic heterocycles. The van der Waals surface area contributed by atoms with Crippen molar-refractivity contribution in [1.82, 2.24) is 4.57 Å². The van der Waals surface area contributed by atoms with Gasteiger partial charge in [0.05, 0.1) is 31.3 Å². The van der Waals surface area contributed by atoms with Crippen molar-refractivity contribution in [3.05, 3.63) is 65.9 Å². The number of ketones is 1. The van der Waals surface area contributed by atoms with E-state index in [9.17, 15) is 30.3 Å². The smallest absolute Gasteiger partial charge is 0.186 e. The second kappa shape index (κ2) is 8.16. The molecule has 5 N–H and O–H groups in total. The van der Waals surface area contributed by atoms with Crippen molar-refractivity contribution in [2.45, 2.75) is 13.2 Å². The van der Waals surface area contributed by atoms with E-state index in [2.05, 4.69) is 0 Å². The molecule has 0 atom stereocenters. The van der Waals surface area contributed by atoms with Crippen LogP contribution >= 0.6 is 0 Å². The van der Waals surface area contributed by atoms with Gasteiger partial charge in [0.15, 0.2) is 5.78 Å². The number of Topliss-reactive ketones (excluding diaryl/α,β-unsaturated/α-hetero) is 1. The van der Waals surface area contributed by atoms with Crippen LogP contribution in [0.5, 0.6) is 28.7 Å². The first-order chi connectivity index (χ1) is 15.3. The summed E-state index contributed by atoms with van der Waals surface area (Å²) >= 11 is 0. The highest BCUT2D eigenvalue weighted by atomic mass is 16.5. The molecule has 0 bridgehead atoms. The molecule has 0 saturated heterocycles. The van der Waals surface area contributed by atoms with Gasteiger partial charge < -0.3 is 34.8 Å². The Morgan fingerprint density at radius 2 is 1.59 bits per heavy atom. The highest BCUT2D eigenvalue weighted by Crippen LogP contribution is 2.42. The SMILES string of the molecule is COc1cc(CO)cc2c1c(-c1ccc(O)cc1O)cn2CC(=O)c1ccc(O)cc1O. The fraction of sp³-hybridized carbons (Fsp3) is 0.125. The van der Waals surface area contributed by atoms with Crippen molar-refractivity contribution in [2.24, 2.45) is 0 Å². The molecule has 0 unspecified atom stereocenters. The number of hydrogen-bond donors (Lipinski definition) is 5. The van der Waals surface area contributed by atoms with Gasteiger partial charge in [-0.2, -0.15) is 0 Å². The maximum Gasteiger partial charge on any atom is 0.186 e. The summed E-state index contributed by atoms with van der Waals surface area (Å²) in [6.07, 6.45) is 1.66. The zero-order valence-electron chi connectivity index (χ0n) is 17.1. The Balaban J connectivity index is 1.91. The van der Waals surface area contributed by atoms with Crippen LogP contribution in [0.25, 0.3) is 22.0 Å². The number of phenolic OH excluding ortho intramolecular Hbond substituents is 4. The highest BCUT2D eigenvalue weighted by molar-refractivity contribution is 6.04. The maximum absolute atomic E-state index is 12.9. The van der Waals surface area contributed by atoms with Crippen molar-refractivity contribution >= 4 is 16.7 Å². The van der Waals surface area contributed by atoms with Crippen LogP contribution in [0, 0.1) is 0 Å². The van der Waals surface area contributed by atoms with Crippen molar-refractivity contribution in [1.29, 1.82) is 0 Å². The van der Waals surface area contributed by atoms with Crippen LogP contribution in [0.4, 0.5) is 0 Å². The lowest BCUT2D eigenvalue weighted by atomic mass is 10.0. The summed E-state index contributed by atoms with van der Waals surface area (Å²) in [6, 6.07) is 11.3. The molecule has 32 heavy (non-hydrogen) atoms. The van der Waals surface area contributed by atoms with Crippen LogP contribution < -0.4 is 4.74 Å². The van der Waals surface area contributed by atoms with E-state index in [-0.39, 0.29) is 41.7 Å². The van der Waals surface area contributed by atoms with Gasteiger partial charge in [0.25, 0.3) is 0 Å². The summed E-state index contributed by atoms with van der Waals surface area (Å²) in [4.78, 5) is 12.9. The Bertz CT molecular complexity index is 1340. The highest BCUT2D eigenvalue weighted by Gasteiger charge is 2.21. The molecule has 0 amide bonds. The van der Waals surface area contributed by atoms with E-state index in [1.165, 1.54) is 31.4 Å². The number of carbonyl (C=O) groups excluding carboxylic acids is 1. The van der Waals surface area contributed by atoms with E-state index < -0.39 is 5.78 Å². The van der Waals surface area contributed by atoms with Gasteiger partial charge >= 0.3 is 0 Å². The van der Waals surface area contributed by atoms with E-state index in [0.29, 0.717) is 33.3 Å². The topological polar surface area (TPSA) is 132 Å². The maximum atomic E-state index is 12.9. The molecule has 164 valence electrons. The van der Waals surface area contributed by atoms with E-state index >= 15 is 0 Å². The van der Waals surface area contributed by atoms with E-state index in [1.54, 1.807) is 29.0 Å². The third kappa shape index (κ3) is 3.67. The minimum absolute atomic E-state index is 0.0453. The number of hydrogen-bond acceptors (Lipinski definition) is 7. The first-order valence-corrected chi connectivity index (χ1v) is 9.70. The molecule has 1 heterocycles. The Hall–Kier alpha value is -4.17. The summed E-state index contributed by atoms with van der Waals surface area (Å²) in [5.41, 5.74) is 2.16. The normalized spacial score (nSPS) is 11.1. The van der Waals surface area contributed by atoms with Crippen molar-refractivity contribution in [3.8, 4) is 39.9 Å². The van der Waals surface area contributed by atoms with Gasteiger partial charge in [-0.05, 0) is 42.0 Å². The van der Waals surface area contributed by atoms with Crippen LogP contribution in [-0.2, 0) is 13.2 Å². The average molecular weight is 435 g/mol. The minimum Gasteiger partial charge on any atom is -0.508 e. The predicted molar refractivity (Wildman–Crippen MR) is 117 cm³/mol. The molecule has 4 rings (SSSR count). The number of nitrogens with zero attached hydrogens (tertiary/aromatic N) is 1. The van der Waals surface area contributed by atoms with Gasteiger partial charge in [0, 0.05) is 34.8 Å². The lowest BCUT2D eigenvalue weighted by molar-refractivity contribution is 0.0971. The van der Waals surface area contributed by atoms with Crippen LogP contribution in [-0.4, -0.2) is 43.0 Å². The number of phenols is 4. The zero-order valence-corrected chi connectivity index (χ0v) is 17.1. The second-order valence-electron chi connectivity index (χ2n) is 7.35. The van der Waals surface area contributed by atoms with E-state index in [1.807, 2.05) is 0 Å². The van der Waals surface area contributed by atoms with Crippen LogP contribution in [0.2, 0.25) is 0 Å². The molecular formula is C24H21NO7. The molecule has 0 aliphatic heterocycles. The van der Waals surface area contributed by atoms with Crippen molar-refractivity contribution < 1.29 is 35.1 Å². The number of ether oxygens (including phenoxy) is 1. The molecule has 0 saturated carbocycles. The molecule has 4 aromatic rings. The van der Waals surface area contributed by atoms with Crippen LogP contribution in [0.1, 0.15) is 15.9 Å². The second-order valence-corrected chi connectivity index (χ2v) is 7.35. The quantitative estimate of drug-likeness (QED) is 0.293. The molecular weight excluding hydrogens is 414 g/mol. The van der Waals surface area contributed by atoms with Gasteiger partial charge in [0.1, 0.15) is 28.7 Å². The van der Waals surface area contributed by atoms with Gasteiger partial charge in [-0.3, -0.25) is 4.79 Å². The number of aliphatic hydroxyl groups excluding tert-OH is 1. The Labute approximate surface area is 182 Å².